The van der Waals surface area contributed by atoms with E-state index in [9.17, 15) is 4.79 Å². The second-order valence-electron chi connectivity index (χ2n) is 7.94. The average Bonchev–Trinajstić information content (AvgIpc) is 2.88. The van der Waals surface area contributed by atoms with Crippen molar-refractivity contribution in [3.05, 3.63) is 54.6 Å². The molecule has 7 nitrogen and oxygen atoms in total. The van der Waals surface area contributed by atoms with Gasteiger partial charge in [0, 0.05) is 56.6 Å². The number of hydrogen-bond donors (Lipinski definition) is 0. The zero-order valence-electron chi connectivity index (χ0n) is 19.7. The molecule has 1 aliphatic heterocycles. The molecule has 0 spiro atoms. The number of carbonyl (C=O) groups is 1. The quantitative estimate of drug-likeness (QED) is 0.549. The lowest BCUT2D eigenvalue weighted by atomic mass is 10.1. The second kappa shape index (κ2) is 9.90. The van der Waals surface area contributed by atoms with Crippen LogP contribution in [0.25, 0.3) is 10.8 Å². The lowest BCUT2D eigenvalue weighted by Crippen LogP contribution is -2.53. The van der Waals surface area contributed by atoms with E-state index < -0.39 is 0 Å². The highest BCUT2D eigenvalue weighted by Gasteiger charge is 2.27. The Morgan fingerprint density at radius 1 is 0.848 bits per heavy atom. The molecule has 0 aliphatic carbocycles. The number of methoxy groups -OCH3 is 3. The summed E-state index contributed by atoms with van der Waals surface area (Å²) in [7, 11) is 4.94. The molecule has 1 aliphatic rings. The molecule has 1 heterocycles. The molecule has 1 saturated heterocycles. The van der Waals surface area contributed by atoms with E-state index in [0.717, 1.165) is 46.7 Å². The van der Waals surface area contributed by atoms with Gasteiger partial charge in [-0.1, -0.05) is 24.3 Å². The normalized spacial score (nSPS) is 13.7. The molecule has 0 aromatic heterocycles. The van der Waals surface area contributed by atoms with Crippen molar-refractivity contribution >= 4 is 28.2 Å². The number of rotatable bonds is 6. The van der Waals surface area contributed by atoms with E-state index in [0.29, 0.717) is 25.4 Å². The van der Waals surface area contributed by atoms with Crippen LogP contribution in [0.4, 0.5) is 16.2 Å². The molecular formula is C26H31N3O4. The van der Waals surface area contributed by atoms with Crippen LogP contribution in [-0.4, -0.2) is 65.0 Å². The fraction of sp³-hybridized carbons (Fsp3) is 0.346. The third kappa shape index (κ3) is 4.62. The Bertz CT molecular complexity index is 1100. The van der Waals surface area contributed by atoms with Crippen LogP contribution < -0.4 is 24.0 Å². The van der Waals surface area contributed by atoms with Crippen LogP contribution >= 0.6 is 0 Å². The molecule has 3 aromatic rings. The smallest absolute Gasteiger partial charge is 0.324 e. The van der Waals surface area contributed by atoms with Gasteiger partial charge in [-0.25, -0.2) is 4.79 Å². The number of piperazine rings is 1. The van der Waals surface area contributed by atoms with Crippen LogP contribution in [0.15, 0.2) is 54.6 Å². The average molecular weight is 450 g/mol. The molecule has 2 amide bonds. The first-order valence-electron chi connectivity index (χ1n) is 11.2. The maximum atomic E-state index is 13.5. The van der Waals surface area contributed by atoms with E-state index in [2.05, 4.69) is 11.0 Å². The van der Waals surface area contributed by atoms with Crippen molar-refractivity contribution in [2.45, 2.75) is 6.92 Å². The molecule has 0 unspecified atom stereocenters. The highest BCUT2D eigenvalue weighted by molar-refractivity contribution is 5.98. The first-order valence-corrected chi connectivity index (χ1v) is 11.2. The van der Waals surface area contributed by atoms with Gasteiger partial charge in [0.15, 0.2) is 0 Å². The zero-order valence-corrected chi connectivity index (χ0v) is 19.7. The first kappa shape index (κ1) is 22.6. The summed E-state index contributed by atoms with van der Waals surface area (Å²) < 4.78 is 16.5. The summed E-state index contributed by atoms with van der Waals surface area (Å²) in [5.74, 6) is 2.21. The van der Waals surface area contributed by atoms with Crippen LogP contribution in [0.2, 0.25) is 0 Å². The molecule has 0 saturated carbocycles. The third-order valence-electron chi connectivity index (χ3n) is 6.14. The van der Waals surface area contributed by atoms with Gasteiger partial charge in [-0.3, -0.25) is 4.90 Å². The Balaban J connectivity index is 1.52. The van der Waals surface area contributed by atoms with Crippen molar-refractivity contribution in [3.63, 3.8) is 0 Å². The Hall–Kier alpha value is -3.61. The number of anilines is 2. The number of ether oxygens (including phenoxy) is 3. The molecule has 0 radical (unpaired) electrons. The summed E-state index contributed by atoms with van der Waals surface area (Å²) >= 11 is 0. The minimum Gasteiger partial charge on any atom is -0.497 e. The van der Waals surface area contributed by atoms with E-state index in [1.54, 1.807) is 26.2 Å². The Labute approximate surface area is 195 Å². The van der Waals surface area contributed by atoms with Crippen LogP contribution in [0, 0.1) is 0 Å². The highest BCUT2D eigenvalue weighted by atomic mass is 16.5. The Morgan fingerprint density at radius 3 is 2.00 bits per heavy atom. The van der Waals surface area contributed by atoms with Crippen molar-refractivity contribution in [1.29, 1.82) is 0 Å². The van der Waals surface area contributed by atoms with Crippen LogP contribution in [0.3, 0.4) is 0 Å². The van der Waals surface area contributed by atoms with Gasteiger partial charge >= 0.3 is 6.03 Å². The standard InChI is InChI=1S/C26H31N3O4/c1-5-29(24-14-19-8-6-7-9-20(19)15-25(24)33-4)26(30)28-12-10-27(11-13-28)21-16-22(31-2)18-23(17-21)32-3/h6-9,14-18H,5,10-13H2,1-4H3. The minimum absolute atomic E-state index is 0.00560. The second-order valence-corrected chi connectivity index (χ2v) is 7.94. The largest absolute Gasteiger partial charge is 0.497 e. The van der Waals surface area contributed by atoms with E-state index in [-0.39, 0.29) is 6.03 Å². The molecule has 3 aromatic carbocycles. The number of urea groups is 1. The lowest BCUT2D eigenvalue weighted by molar-refractivity contribution is 0.201. The number of amides is 2. The molecule has 0 N–H and O–H groups in total. The predicted molar refractivity (Wildman–Crippen MR) is 132 cm³/mol. The summed E-state index contributed by atoms with van der Waals surface area (Å²) in [5, 5.41) is 2.17. The van der Waals surface area contributed by atoms with E-state index in [1.807, 2.05) is 60.4 Å². The van der Waals surface area contributed by atoms with Crippen molar-refractivity contribution in [3.8, 4) is 17.2 Å². The summed E-state index contributed by atoms with van der Waals surface area (Å²) in [4.78, 5) is 19.5. The Kier molecular flexibility index (Phi) is 6.77. The fourth-order valence-electron chi connectivity index (χ4n) is 4.29. The van der Waals surface area contributed by atoms with E-state index in [1.165, 1.54) is 0 Å². The van der Waals surface area contributed by atoms with Crippen LogP contribution in [-0.2, 0) is 0 Å². The summed E-state index contributed by atoms with van der Waals surface area (Å²) in [6.45, 7) is 5.27. The van der Waals surface area contributed by atoms with Crippen molar-refractivity contribution in [1.82, 2.24) is 4.90 Å². The summed E-state index contributed by atoms with van der Waals surface area (Å²) in [6.07, 6.45) is 0. The van der Waals surface area contributed by atoms with Gasteiger partial charge in [-0.2, -0.15) is 0 Å². The summed E-state index contributed by atoms with van der Waals surface area (Å²) in [6, 6.07) is 18.0. The molecule has 0 atom stereocenters. The van der Waals surface area contributed by atoms with Crippen molar-refractivity contribution in [2.75, 3.05) is 63.9 Å². The minimum atomic E-state index is -0.00560. The molecule has 174 valence electrons. The lowest BCUT2D eigenvalue weighted by Gasteiger charge is -2.38. The van der Waals surface area contributed by atoms with Gasteiger partial charge in [0.1, 0.15) is 17.2 Å². The van der Waals surface area contributed by atoms with E-state index >= 15 is 0 Å². The maximum Gasteiger partial charge on any atom is 0.324 e. The van der Waals surface area contributed by atoms with Gasteiger partial charge in [0.2, 0.25) is 0 Å². The van der Waals surface area contributed by atoms with Gasteiger partial charge in [0.25, 0.3) is 0 Å². The first-order chi connectivity index (χ1) is 16.1. The molecule has 33 heavy (non-hydrogen) atoms. The number of benzene rings is 3. The van der Waals surface area contributed by atoms with Gasteiger partial charge in [0.05, 0.1) is 27.0 Å². The number of carbonyl (C=O) groups excluding carboxylic acids is 1. The summed E-state index contributed by atoms with van der Waals surface area (Å²) in [5.41, 5.74) is 1.82. The third-order valence-corrected chi connectivity index (χ3v) is 6.14. The van der Waals surface area contributed by atoms with Gasteiger partial charge in [-0.05, 0) is 29.8 Å². The van der Waals surface area contributed by atoms with Gasteiger partial charge < -0.3 is 24.0 Å². The van der Waals surface area contributed by atoms with Crippen LogP contribution in [0.5, 0.6) is 17.2 Å². The molecule has 7 heteroatoms. The molecule has 0 bridgehead atoms. The predicted octanol–water partition coefficient (Wildman–Crippen LogP) is 4.63. The van der Waals surface area contributed by atoms with E-state index in [4.69, 9.17) is 14.2 Å². The van der Waals surface area contributed by atoms with Crippen LogP contribution in [0.1, 0.15) is 6.92 Å². The number of nitrogens with zero attached hydrogens (tertiary/aromatic N) is 3. The molecular weight excluding hydrogens is 418 g/mol. The Morgan fingerprint density at radius 2 is 1.45 bits per heavy atom. The van der Waals surface area contributed by atoms with Gasteiger partial charge in [-0.15, -0.1) is 0 Å². The topological polar surface area (TPSA) is 54.5 Å². The number of fused-ring (bicyclic) bond motifs is 1. The SMILES string of the molecule is CCN(C(=O)N1CCN(c2cc(OC)cc(OC)c2)CC1)c1cc2ccccc2cc1OC. The highest BCUT2D eigenvalue weighted by Crippen LogP contribution is 2.34. The van der Waals surface area contributed by atoms with Crippen molar-refractivity contribution in [2.24, 2.45) is 0 Å². The molecule has 4 rings (SSSR count). The molecule has 1 fully saturated rings. The number of hydrogen-bond acceptors (Lipinski definition) is 5. The zero-order chi connectivity index (χ0) is 23.4. The van der Waals surface area contributed by atoms with Crippen molar-refractivity contribution < 1.29 is 19.0 Å². The monoisotopic (exact) mass is 449 g/mol. The maximum absolute atomic E-state index is 13.5. The fourth-order valence-corrected chi connectivity index (χ4v) is 4.29.